The Morgan fingerprint density at radius 2 is 2.06 bits per heavy atom. The third-order valence-corrected chi connectivity index (χ3v) is 8.21. The van der Waals surface area contributed by atoms with E-state index in [9.17, 15) is 4.79 Å². The van der Waals surface area contributed by atoms with Crippen LogP contribution in [-0.4, -0.2) is 55.6 Å². The zero-order valence-corrected chi connectivity index (χ0v) is 20.2. The van der Waals surface area contributed by atoms with Crippen molar-refractivity contribution in [1.82, 2.24) is 29.9 Å². The van der Waals surface area contributed by atoms with Gasteiger partial charge in [0.2, 0.25) is 5.95 Å². The first-order valence-corrected chi connectivity index (χ1v) is 12.8. The average molecular weight is 496 g/mol. The Hall–Kier alpha value is -3.21. The van der Waals surface area contributed by atoms with E-state index in [0.717, 1.165) is 55.1 Å². The molecule has 3 heterocycles. The van der Waals surface area contributed by atoms with Crippen LogP contribution in [0.5, 0.6) is 0 Å². The molecular formula is C25H30FN7O3. The molecule has 5 saturated carbocycles. The number of anilines is 2. The minimum atomic E-state index is -1.29. The van der Waals surface area contributed by atoms with Crippen LogP contribution < -0.4 is 10.6 Å². The molecule has 8 rings (SSSR count). The lowest BCUT2D eigenvalue weighted by Crippen LogP contribution is -2.68. The van der Waals surface area contributed by atoms with E-state index < -0.39 is 24.3 Å². The summed E-state index contributed by atoms with van der Waals surface area (Å²) < 4.78 is 27.9. The van der Waals surface area contributed by atoms with E-state index >= 15 is 4.39 Å². The number of aromatic nitrogens is 5. The van der Waals surface area contributed by atoms with Crippen LogP contribution in [-0.2, 0) is 16.1 Å². The molecule has 3 aromatic heterocycles. The summed E-state index contributed by atoms with van der Waals surface area (Å²) in [6, 6.07) is 3.83. The summed E-state index contributed by atoms with van der Waals surface area (Å²) in [5, 5.41) is 13.6. The van der Waals surface area contributed by atoms with Crippen LogP contribution in [0.4, 0.5) is 21.0 Å². The first-order valence-electron chi connectivity index (χ1n) is 12.8. The lowest BCUT2D eigenvalue weighted by Gasteiger charge is -2.61. The molecule has 3 N–H and O–H groups in total. The van der Waals surface area contributed by atoms with Crippen molar-refractivity contribution >= 4 is 23.5 Å². The molecular weight excluding hydrogens is 465 g/mol. The molecule has 2 bridgehead atoms. The molecule has 190 valence electrons. The molecule has 3 atom stereocenters. The van der Waals surface area contributed by atoms with Gasteiger partial charge in [-0.3, -0.25) is 9.50 Å². The van der Waals surface area contributed by atoms with Gasteiger partial charge >= 0.3 is 6.09 Å². The first-order chi connectivity index (χ1) is 17.5. The van der Waals surface area contributed by atoms with E-state index in [1.54, 1.807) is 7.11 Å². The lowest BCUT2D eigenvalue weighted by molar-refractivity contribution is -0.0532. The standard InChI is InChI=1S/C25H30FN7O3/c1-35-12-15-11-33-21(27-15)7-17(14-2-3-14)28-23(33)29-20-6-18(31-32-20)16-4-5-19(22(16)26)36-24(34)30-25-8-13(9-25)10-25/h6-7,11,13-14,16,19,22H,2-5,8-10,12H2,1H3,(H,30,34)(H2,28,29,31,32)/t13?,16-,19-,22-,25?/m1/s1. The number of fused-ring (bicyclic) bond motifs is 1. The second kappa shape index (κ2) is 8.16. The van der Waals surface area contributed by atoms with Gasteiger partial charge in [-0.15, -0.1) is 0 Å². The normalized spacial score (nSPS) is 30.6. The van der Waals surface area contributed by atoms with E-state index in [-0.39, 0.29) is 5.54 Å². The van der Waals surface area contributed by atoms with Crippen LogP contribution in [0.1, 0.15) is 73.9 Å². The van der Waals surface area contributed by atoms with Gasteiger partial charge in [0.15, 0.2) is 5.82 Å². The molecule has 0 saturated heterocycles. The minimum Gasteiger partial charge on any atom is -0.443 e. The highest BCUT2D eigenvalue weighted by Gasteiger charge is 2.58. The number of alkyl carbamates (subject to hydrolysis) is 1. The maximum absolute atomic E-state index is 15.3. The van der Waals surface area contributed by atoms with E-state index in [4.69, 9.17) is 14.5 Å². The Morgan fingerprint density at radius 1 is 1.22 bits per heavy atom. The number of ether oxygens (including phenoxy) is 2. The van der Waals surface area contributed by atoms with Crippen LogP contribution in [0.3, 0.4) is 0 Å². The number of methoxy groups -OCH3 is 1. The molecule has 0 unspecified atom stereocenters. The molecule has 11 heteroatoms. The smallest absolute Gasteiger partial charge is 0.407 e. The van der Waals surface area contributed by atoms with Crippen molar-refractivity contribution in [3.8, 4) is 0 Å². The summed E-state index contributed by atoms with van der Waals surface area (Å²) in [6.07, 6.45) is 5.76. The number of carbonyl (C=O) groups is 1. The fraction of sp³-hybridized carbons (Fsp3) is 0.600. The third kappa shape index (κ3) is 3.80. The molecule has 5 fully saturated rings. The number of carbonyl (C=O) groups excluding carboxylic acids is 1. The monoisotopic (exact) mass is 495 g/mol. The maximum atomic E-state index is 15.3. The summed E-state index contributed by atoms with van der Waals surface area (Å²) in [4.78, 5) is 21.8. The van der Waals surface area contributed by atoms with E-state index in [1.807, 2.05) is 22.7 Å². The second-order valence-electron chi connectivity index (χ2n) is 11.0. The molecule has 3 aromatic rings. The number of alkyl halides is 1. The summed E-state index contributed by atoms with van der Waals surface area (Å²) in [7, 11) is 1.64. The highest BCUT2D eigenvalue weighted by molar-refractivity contribution is 5.69. The molecule has 5 aliphatic rings. The average Bonchev–Trinajstić information content (AvgIpc) is 3.26. The van der Waals surface area contributed by atoms with Crippen molar-refractivity contribution in [3.63, 3.8) is 0 Å². The van der Waals surface area contributed by atoms with E-state index in [0.29, 0.717) is 42.8 Å². The van der Waals surface area contributed by atoms with Crippen molar-refractivity contribution in [1.29, 1.82) is 0 Å². The molecule has 5 aliphatic carbocycles. The van der Waals surface area contributed by atoms with Crippen LogP contribution in [0.2, 0.25) is 0 Å². The number of halogens is 1. The maximum Gasteiger partial charge on any atom is 0.407 e. The van der Waals surface area contributed by atoms with Gasteiger partial charge in [-0.1, -0.05) is 0 Å². The SMILES string of the molecule is COCc1cn2c(Nc3cc([C@H]4CC[C@@H](OC(=O)NC56CC(C5)C6)[C@@H]4F)[nH]n3)nc(C3CC3)cc2n1. The number of aromatic amines is 1. The zero-order valence-electron chi connectivity index (χ0n) is 20.2. The fourth-order valence-electron chi connectivity index (χ4n) is 6.04. The van der Waals surface area contributed by atoms with Crippen molar-refractivity contribution in [2.45, 2.75) is 81.2 Å². The molecule has 0 aliphatic heterocycles. The molecule has 0 aromatic carbocycles. The second-order valence-corrected chi connectivity index (χ2v) is 11.0. The summed E-state index contributed by atoms with van der Waals surface area (Å²) in [6.45, 7) is 0.411. The number of nitrogens with zero attached hydrogens (tertiary/aromatic N) is 4. The predicted molar refractivity (Wildman–Crippen MR) is 128 cm³/mol. The first kappa shape index (κ1) is 22.0. The highest BCUT2D eigenvalue weighted by Crippen LogP contribution is 2.57. The van der Waals surface area contributed by atoms with Gasteiger partial charge in [-0.2, -0.15) is 5.10 Å². The number of imidazole rings is 1. The Kier molecular flexibility index (Phi) is 4.99. The number of hydrogen-bond acceptors (Lipinski definition) is 7. The van der Waals surface area contributed by atoms with Crippen LogP contribution >= 0.6 is 0 Å². The summed E-state index contributed by atoms with van der Waals surface area (Å²) >= 11 is 0. The van der Waals surface area contributed by atoms with Gasteiger partial charge in [0.05, 0.1) is 18.0 Å². The van der Waals surface area contributed by atoms with E-state index in [1.165, 1.54) is 0 Å². The van der Waals surface area contributed by atoms with Crippen LogP contribution in [0.15, 0.2) is 18.3 Å². The molecule has 1 amide bonds. The molecule has 36 heavy (non-hydrogen) atoms. The van der Waals surface area contributed by atoms with Gasteiger partial charge in [-0.25, -0.2) is 19.2 Å². The molecule has 0 spiro atoms. The quantitative estimate of drug-likeness (QED) is 0.431. The Morgan fingerprint density at radius 3 is 2.78 bits per heavy atom. The lowest BCUT2D eigenvalue weighted by atomic mass is 9.50. The minimum absolute atomic E-state index is 0.0780. The van der Waals surface area contributed by atoms with E-state index in [2.05, 4.69) is 25.8 Å². The molecule has 0 radical (unpaired) electrons. The Balaban J connectivity index is 1.05. The third-order valence-electron chi connectivity index (χ3n) is 8.21. The fourth-order valence-corrected chi connectivity index (χ4v) is 6.04. The topological polar surface area (TPSA) is 118 Å². The van der Waals surface area contributed by atoms with Crippen molar-refractivity contribution < 1.29 is 18.7 Å². The number of nitrogens with one attached hydrogen (secondary N) is 3. The Labute approximate surface area is 207 Å². The molecule has 10 nitrogen and oxygen atoms in total. The summed E-state index contributed by atoms with van der Waals surface area (Å²) in [5.41, 5.74) is 3.22. The van der Waals surface area contributed by atoms with Crippen LogP contribution in [0.25, 0.3) is 5.65 Å². The van der Waals surface area contributed by atoms with Crippen molar-refractivity contribution in [3.05, 3.63) is 35.4 Å². The Bertz CT molecular complexity index is 1300. The summed E-state index contributed by atoms with van der Waals surface area (Å²) in [5.74, 6) is 1.96. The highest BCUT2D eigenvalue weighted by atomic mass is 19.1. The van der Waals surface area contributed by atoms with Crippen LogP contribution in [0, 0.1) is 5.92 Å². The van der Waals surface area contributed by atoms with Gasteiger partial charge in [0.25, 0.3) is 0 Å². The number of rotatable bonds is 8. The van der Waals surface area contributed by atoms with Gasteiger partial charge in [0, 0.05) is 48.5 Å². The van der Waals surface area contributed by atoms with Gasteiger partial charge in [0.1, 0.15) is 17.9 Å². The predicted octanol–water partition coefficient (Wildman–Crippen LogP) is 4.08. The number of hydrogen-bond donors (Lipinski definition) is 3. The number of amides is 1. The van der Waals surface area contributed by atoms with Crippen molar-refractivity contribution in [2.24, 2.45) is 5.92 Å². The zero-order chi connectivity index (χ0) is 24.4. The largest absolute Gasteiger partial charge is 0.443 e. The van der Waals surface area contributed by atoms with Crippen molar-refractivity contribution in [2.75, 3.05) is 12.4 Å². The van der Waals surface area contributed by atoms with Gasteiger partial charge < -0.3 is 20.1 Å². The number of H-pyrrole nitrogens is 1. The van der Waals surface area contributed by atoms with Gasteiger partial charge in [-0.05, 0) is 50.9 Å².